The lowest BCUT2D eigenvalue weighted by molar-refractivity contribution is 0.369. The minimum Gasteiger partial charge on any atom is -0.317 e. The van der Waals surface area contributed by atoms with Crippen molar-refractivity contribution < 1.29 is 0 Å². The zero-order chi connectivity index (χ0) is 13.0. The molecule has 2 rings (SSSR count). The largest absolute Gasteiger partial charge is 0.317 e. The molecule has 0 aliphatic rings. The average Bonchev–Trinajstić information content (AvgIpc) is 2.79. The summed E-state index contributed by atoms with van der Waals surface area (Å²) < 4.78 is 1.42. The summed E-state index contributed by atoms with van der Waals surface area (Å²) in [7, 11) is 0. The van der Waals surface area contributed by atoms with Crippen LogP contribution in [-0.4, -0.2) is 13.1 Å². The lowest BCUT2D eigenvalue weighted by atomic mass is 9.89. The van der Waals surface area contributed by atoms with E-state index in [0.29, 0.717) is 0 Å². The zero-order valence-electron chi connectivity index (χ0n) is 11.6. The van der Waals surface area contributed by atoms with Crippen LogP contribution in [-0.2, 0) is 6.42 Å². The summed E-state index contributed by atoms with van der Waals surface area (Å²) in [5.41, 5.74) is 1.52. The van der Waals surface area contributed by atoms with Gasteiger partial charge in [-0.25, -0.2) is 0 Å². The highest BCUT2D eigenvalue weighted by molar-refractivity contribution is 7.17. The van der Waals surface area contributed by atoms with E-state index >= 15 is 0 Å². The number of hydrogen-bond donors (Lipinski definition) is 1. The van der Waals surface area contributed by atoms with E-state index in [2.05, 4.69) is 55.7 Å². The van der Waals surface area contributed by atoms with Crippen molar-refractivity contribution >= 4 is 21.4 Å². The second-order valence-electron chi connectivity index (χ2n) is 5.22. The molecular weight excluding hydrogens is 238 g/mol. The minimum absolute atomic E-state index is 0.724. The molecule has 2 atom stereocenters. The first-order chi connectivity index (χ1) is 8.72. The Bertz CT molecular complexity index is 489. The van der Waals surface area contributed by atoms with Crippen molar-refractivity contribution in [2.45, 2.75) is 27.2 Å². The van der Waals surface area contributed by atoms with Gasteiger partial charge in [0, 0.05) is 4.70 Å². The number of nitrogens with one attached hydrogen (secondary N) is 1. The molecule has 0 amide bonds. The fraction of sp³-hybridized carbons (Fsp3) is 0.500. The van der Waals surface area contributed by atoms with Crippen LogP contribution in [0.4, 0.5) is 0 Å². The Hall–Kier alpha value is -0.860. The third kappa shape index (κ3) is 3.12. The highest BCUT2D eigenvalue weighted by Crippen LogP contribution is 2.29. The molecule has 0 bridgehead atoms. The number of rotatable bonds is 6. The van der Waals surface area contributed by atoms with E-state index in [0.717, 1.165) is 24.9 Å². The zero-order valence-corrected chi connectivity index (χ0v) is 12.4. The predicted octanol–water partition coefficient (Wildman–Crippen LogP) is 4.33. The molecule has 0 saturated carbocycles. The van der Waals surface area contributed by atoms with Gasteiger partial charge in [-0.1, -0.05) is 39.0 Å². The van der Waals surface area contributed by atoms with Crippen molar-refractivity contribution in [2.24, 2.45) is 11.8 Å². The standard InChI is InChI=1S/C16H23NS/c1-4-17-10-13(3)12(2)9-14-11-18-16-8-6-5-7-15(14)16/h5-8,11-13,17H,4,9-10H2,1-3H3. The summed E-state index contributed by atoms with van der Waals surface area (Å²) in [4.78, 5) is 0. The van der Waals surface area contributed by atoms with Crippen LogP contribution in [0, 0.1) is 11.8 Å². The van der Waals surface area contributed by atoms with Crippen LogP contribution in [0.3, 0.4) is 0 Å². The first kappa shape index (κ1) is 13.6. The number of benzene rings is 1. The minimum atomic E-state index is 0.724. The fourth-order valence-electron chi connectivity index (χ4n) is 2.31. The van der Waals surface area contributed by atoms with Crippen molar-refractivity contribution in [2.75, 3.05) is 13.1 Å². The first-order valence-corrected chi connectivity index (χ1v) is 7.76. The van der Waals surface area contributed by atoms with E-state index in [-0.39, 0.29) is 0 Å². The van der Waals surface area contributed by atoms with Gasteiger partial charge in [-0.05, 0) is 53.7 Å². The van der Waals surface area contributed by atoms with Crippen molar-refractivity contribution in [3.8, 4) is 0 Å². The molecule has 0 saturated heterocycles. The van der Waals surface area contributed by atoms with E-state index < -0.39 is 0 Å². The van der Waals surface area contributed by atoms with Gasteiger partial charge >= 0.3 is 0 Å². The second kappa shape index (κ2) is 6.35. The van der Waals surface area contributed by atoms with Crippen LogP contribution >= 0.6 is 11.3 Å². The lowest BCUT2D eigenvalue weighted by Gasteiger charge is -2.20. The van der Waals surface area contributed by atoms with Crippen LogP contribution in [0.25, 0.3) is 10.1 Å². The van der Waals surface area contributed by atoms with Crippen LogP contribution in [0.1, 0.15) is 26.3 Å². The van der Waals surface area contributed by atoms with Crippen molar-refractivity contribution in [3.05, 3.63) is 35.2 Å². The normalized spacial score (nSPS) is 14.8. The lowest BCUT2D eigenvalue weighted by Crippen LogP contribution is -2.25. The highest BCUT2D eigenvalue weighted by atomic mass is 32.1. The molecule has 98 valence electrons. The maximum Gasteiger partial charge on any atom is 0.0345 e. The molecule has 2 heteroatoms. The molecule has 2 aromatic rings. The van der Waals surface area contributed by atoms with Crippen LogP contribution in [0.15, 0.2) is 29.6 Å². The maximum atomic E-state index is 3.45. The molecule has 1 nitrogen and oxygen atoms in total. The van der Waals surface area contributed by atoms with E-state index in [4.69, 9.17) is 0 Å². The Morgan fingerprint density at radius 3 is 2.72 bits per heavy atom. The molecule has 1 aromatic heterocycles. The molecule has 0 radical (unpaired) electrons. The molecule has 2 unspecified atom stereocenters. The quantitative estimate of drug-likeness (QED) is 0.816. The van der Waals surface area contributed by atoms with E-state index in [1.54, 1.807) is 0 Å². The van der Waals surface area contributed by atoms with Crippen molar-refractivity contribution in [3.63, 3.8) is 0 Å². The summed E-state index contributed by atoms with van der Waals surface area (Å²) in [5.74, 6) is 1.45. The van der Waals surface area contributed by atoms with E-state index in [1.807, 2.05) is 11.3 Å². The third-order valence-corrected chi connectivity index (χ3v) is 4.80. The van der Waals surface area contributed by atoms with Gasteiger partial charge in [0.25, 0.3) is 0 Å². The second-order valence-corrected chi connectivity index (χ2v) is 6.13. The molecule has 0 spiro atoms. The Labute approximate surface area is 114 Å². The van der Waals surface area contributed by atoms with Gasteiger partial charge in [-0.15, -0.1) is 11.3 Å². The average molecular weight is 261 g/mol. The molecule has 0 fully saturated rings. The van der Waals surface area contributed by atoms with Gasteiger partial charge in [0.2, 0.25) is 0 Å². The number of thiophene rings is 1. The van der Waals surface area contributed by atoms with Gasteiger partial charge in [0.05, 0.1) is 0 Å². The van der Waals surface area contributed by atoms with Gasteiger partial charge in [0.1, 0.15) is 0 Å². The van der Waals surface area contributed by atoms with E-state index in [9.17, 15) is 0 Å². The monoisotopic (exact) mass is 261 g/mol. The molecule has 1 aromatic carbocycles. The maximum absolute atomic E-state index is 3.45. The Morgan fingerprint density at radius 1 is 1.17 bits per heavy atom. The Balaban J connectivity index is 2.04. The molecule has 0 aliphatic carbocycles. The molecular formula is C16H23NS. The predicted molar refractivity (Wildman–Crippen MR) is 82.4 cm³/mol. The van der Waals surface area contributed by atoms with Gasteiger partial charge in [-0.3, -0.25) is 0 Å². The Morgan fingerprint density at radius 2 is 1.94 bits per heavy atom. The number of fused-ring (bicyclic) bond motifs is 1. The van der Waals surface area contributed by atoms with E-state index in [1.165, 1.54) is 22.1 Å². The summed E-state index contributed by atoms with van der Waals surface area (Å²) >= 11 is 1.87. The summed E-state index contributed by atoms with van der Waals surface area (Å²) in [6.45, 7) is 9.08. The van der Waals surface area contributed by atoms with Crippen LogP contribution in [0.5, 0.6) is 0 Å². The molecule has 1 heterocycles. The SMILES string of the molecule is CCNCC(C)C(C)Cc1csc2ccccc12. The summed E-state index contributed by atoms with van der Waals surface area (Å²) in [5, 5.41) is 7.23. The van der Waals surface area contributed by atoms with Gasteiger partial charge < -0.3 is 5.32 Å². The summed E-state index contributed by atoms with van der Waals surface area (Å²) in [6.07, 6.45) is 1.19. The van der Waals surface area contributed by atoms with Gasteiger partial charge in [0.15, 0.2) is 0 Å². The van der Waals surface area contributed by atoms with Crippen molar-refractivity contribution in [1.29, 1.82) is 0 Å². The van der Waals surface area contributed by atoms with Crippen molar-refractivity contribution in [1.82, 2.24) is 5.32 Å². The van der Waals surface area contributed by atoms with Crippen LogP contribution < -0.4 is 5.32 Å². The molecule has 1 N–H and O–H groups in total. The first-order valence-electron chi connectivity index (χ1n) is 6.88. The highest BCUT2D eigenvalue weighted by Gasteiger charge is 2.14. The smallest absolute Gasteiger partial charge is 0.0345 e. The fourth-order valence-corrected chi connectivity index (χ4v) is 3.29. The summed E-state index contributed by atoms with van der Waals surface area (Å²) in [6, 6.07) is 8.74. The third-order valence-electron chi connectivity index (χ3n) is 3.79. The van der Waals surface area contributed by atoms with Gasteiger partial charge in [-0.2, -0.15) is 0 Å². The Kier molecular flexibility index (Phi) is 4.79. The van der Waals surface area contributed by atoms with Crippen LogP contribution in [0.2, 0.25) is 0 Å². The molecule has 18 heavy (non-hydrogen) atoms. The molecule has 0 aliphatic heterocycles. The topological polar surface area (TPSA) is 12.0 Å². The number of hydrogen-bond acceptors (Lipinski definition) is 2.